The summed E-state index contributed by atoms with van der Waals surface area (Å²) < 4.78 is 37.9. The molecular formula is C13H20FNO2S. The first-order chi connectivity index (χ1) is 8.43. The fourth-order valence-corrected chi connectivity index (χ4v) is 4.02. The molecule has 0 spiro atoms. The van der Waals surface area contributed by atoms with Crippen LogP contribution in [0.5, 0.6) is 0 Å². The SMILES string of the molecule is CCCC(N)C(CC)S(=O)(=O)c1cccc(F)c1. The molecule has 0 fully saturated rings. The van der Waals surface area contributed by atoms with Gasteiger partial charge in [-0.15, -0.1) is 0 Å². The van der Waals surface area contributed by atoms with Gasteiger partial charge in [-0.2, -0.15) is 0 Å². The van der Waals surface area contributed by atoms with Crippen molar-refractivity contribution in [2.75, 3.05) is 0 Å². The van der Waals surface area contributed by atoms with Gasteiger partial charge in [0.25, 0.3) is 0 Å². The lowest BCUT2D eigenvalue weighted by Crippen LogP contribution is -2.40. The Labute approximate surface area is 108 Å². The molecule has 0 heterocycles. The van der Waals surface area contributed by atoms with Crippen molar-refractivity contribution in [2.24, 2.45) is 5.73 Å². The summed E-state index contributed by atoms with van der Waals surface area (Å²) in [6.45, 7) is 3.75. The standard InChI is InChI=1S/C13H20FNO2S/c1-3-6-12(15)13(4-2)18(16,17)11-8-5-7-10(14)9-11/h5,7-9,12-13H,3-4,6,15H2,1-2H3. The number of halogens is 1. The van der Waals surface area contributed by atoms with Crippen LogP contribution in [0.1, 0.15) is 33.1 Å². The molecule has 0 aliphatic rings. The van der Waals surface area contributed by atoms with Crippen LogP contribution in [-0.2, 0) is 9.84 Å². The Morgan fingerprint density at radius 1 is 1.33 bits per heavy atom. The first-order valence-corrected chi connectivity index (χ1v) is 7.73. The van der Waals surface area contributed by atoms with Crippen LogP contribution in [0.2, 0.25) is 0 Å². The number of hydrogen-bond acceptors (Lipinski definition) is 3. The third-order valence-corrected chi connectivity index (χ3v) is 5.42. The van der Waals surface area contributed by atoms with Gasteiger partial charge >= 0.3 is 0 Å². The number of hydrogen-bond donors (Lipinski definition) is 1. The fourth-order valence-electron chi connectivity index (χ4n) is 2.09. The number of rotatable bonds is 6. The Hall–Kier alpha value is -0.940. The summed E-state index contributed by atoms with van der Waals surface area (Å²) in [5, 5.41) is -0.653. The lowest BCUT2D eigenvalue weighted by atomic mass is 10.1. The second kappa shape index (κ2) is 6.29. The Morgan fingerprint density at radius 3 is 2.50 bits per heavy atom. The van der Waals surface area contributed by atoms with Crippen molar-refractivity contribution in [1.29, 1.82) is 0 Å². The number of sulfone groups is 1. The molecule has 0 saturated carbocycles. The monoisotopic (exact) mass is 273 g/mol. The first kappa shape index (κ1) is 15.1. The number of benzene rings is 1. The van der Waals surface area contributed by atoms with Crippen LogP contribution < -0.4 is 5.73 Å². The Balaban J connectivity index is 3.11. The van der Waals surface area contributed by atoms with Crippen molar-refractivity contribution in [2.45, 2.75) is 49.3 Å². The van der Waals surface area contributed by atoms with Gasteiger partial charge < -0.3 is 5.73 Å². The van der Waals surface area contributed by atoms with Crippen LogP contribution in [-0.4, -0.2) is 19.7 Å². The maximum Gasteiger partial charge on any atom is 0.182 e. The van der Waals surface area contributed by atoms with E-state index in [2.05, 4.69) is 0 Å². The Bertz CT molecular complexity index is 488. The van der Waals surface area contributed by atoms with Crippen LogP contribution in [0, 0.1) is 5.82 Å². The molecule has 1 aromatic rings. The molecule has 2 N–H and O–H groups in total. The highest BCUT2D eigenvalue weighted by Crippen LogP contribution is 2.22. The van der Waals surface area contributed by atoms with Crippen LogP contribution in [0.4, 0.5) is 4.39 Å². The molecule has 0 saturated heterocycles. The summed E-state index contributed by atoms with van der Waals surface area (Å²) >= 11 is 0. The Morgan fingerprint density at radius 2 is 2.00 bits per heavy atom. The first-order valence-electron chi connectivity index (χ1n) is 6.18. The molecule has 2 unspecified atom stereocenters. The quantitative estimate of drug-likeness (QED) is 0.866. The molecule has 0 bridgehead atoms. The van der Waals surface area contributed by atoms with E-state index in [0.29, 0.717) is 12.8 Å². The van der Waals surface area contributed by atoms with E-state index in [1.165, 1.54) is 18.2 Å². The maximum absolute atomic E-state index is 13.1. The molecule has 0 aliphatic heterocycles. The van der Waals surface area contributed by atoms with Crippen molar-refractivity contribution >= 4 is 9.84 Å². The zero-order chi connectivity index (χ0) is 13.8. The van der Waals surface area contributed by atoms with E-state index in [-0.39, 0.29) is 4.90 Å². The molecule has 102 valence electrons. The summed E-state index contributed by atoms with van der Waals surface area (Å²) in [5.74, 6) is -0.546. The molecular weight excluding hydrogens is 253 g/mol. The molecule has 3 nitrogen and oxygen atoms in total. The molecule has 0 aromatic heterocycles. The minimum atomic E-state index is -3.56. The highest BCUT2D eigenvalue weighted by Gasteiger charge is 2.30. The molecule has 0 amide bonds. The molecule has 1 rings (SSSR count). The highest BCUT2D eigenvalue weighted by molar-refractivity contribution is 7.92. The largest absolute Gasteiger partial charge is 0.327 e. The fraction of sp³-hybridized carbons (Fsp3) is 0.538. The average molecular weight is 273 g/mol. The van der Waals surface area contributed by atoms with Gasteiger partial charge in [0, 0.05) is 6.04 Å². The van der Waals surface area contributed by atoms with Crippen molar-refractivity contribution in [3.63, 3.8) is 0 Å². The van der Waals surface area contributed by atoms with Crippen LogP contribution >= 0.6 is 0 Å². The van der Waals surface area contributed by atoms with E-state index in [1.807, 2.05) is 6.92 Å². The van der Waals surface area contributed by atoms with Crippen molar-refractivity contribution in [3.8, 4) is 0 Å². The lowest BCUT2D eigenvalue weighted by molar-refractivity contribution is 0.515. The van der Waals surface area contributed by atoms with Crippen LogP contribution in [0.3, 0.4) is 0 Å². The number of nitrogens with two attached hydrogens (primary N) is 1. The topological polar surface area (TPSA) is 60.2 Å². The van der Waals surface area contributed by atoms with E-state index in [1.54, 1.807) is 6.92 Å². The van der Waals surface area contributed by atoms with Gasteiger partial charge in [0.15, 0.2) is 9.84 Å². The van der Waals surface area contributed by atoms with Crippen molar-refractivity contribution in [1.82, 2.24) is 0 Å². The van der Waals surface area contributed by atoms with E-state index in [9.17, 15) is 12.8 Å². The third-order valence-electron chi connectivity index (χ3n) is 3.03. The summed E-state index contributed by atoms with van der Waals surface area (Å²) in [5.41, 5.74) is 5.93. The third kappa shape index (κ3) is 3.29. The summed E-state index contributed by atoms with van der Waals surface area (Å²) in [7, 11) is -3.56. The zero-order valence-corrected chi connectivity index (χ0v) is 11.6. The summed E-state index contributed by atoms with van der Waals surface area (Å²) in [6.07, 6.45) is 1.91. The highest BCUT2D eigenvalue weighted by atomic mass is 32.2. The molecule has 1 aromatic carbocycles. The van der Waals surface area contributed by atoms with E-state index in [4.69, 9.17) is 5.73 Å². The van der Waals surface area contributed by atoms with Crippen molar-refractivity contribution < 1.29 is 12.8 Å². The van der Waals surface area contributed by atoms with Crippen LogP contribution in [0.15, 0.2) is 29.2 Å². The predicted molar refractivity (Wildman–Crippen MR) is 70.5 cm³/mol. The minimum Gasteiger partial charge on any atom is -0.327 e. The smallest absolute Gasteiger partial charge is 0.182 e. The maximum atomic E-state index is 13.1. The zero-order valence-electron chi connectivity index (χ0n) is 10.8. The molecule has 2 atom stereocenters. The van der Waals surface area contributed by atoms with Crippen molar-refractivity contribution in [3.05, 3.63) is 30.1 Å². The second-order valence-electron chi connectivity index (χ2n) is 4.40. The summed E-state index contributed by atoms with van der Waals surface area (Å²) in [6, 6.07) is 4.69. The lowest BCUT2D eigenvalue weighted by Gasteiger charge is -2.22. The molecule has 0 aliphatic carbocycles. The van der Waals surface area contributed by atoms with Gasteiger partial charge in [-0.05, 0) is 31.0 Å². The van der Waals surface area contributed by atoms with Gasteiger partial charge in [0.2, 0.25) is 0 Å². The second-order valence-corrected chi connectivity index (χ2v) is 6.57. The van der Waals surface area contributed by atoms with Gasteiger partial charge in [-0.25, -0.2) is 12.8 Å². The average Bonchev–Trinajstić information content (AvgIpc) is 2.30. The normalized spacial score (nSPS) is 15.3. The van der Waals surface area contributed by atoms with Gasteiger partial charge in [-0.3, -0.25) is 0 Å². The molecule has 18 heavy (non-hydrogen) atoms. The van der Waals surface area contributed by atoms with Gasteiger partial charge in [0.05, 0.1) is 10.1 Å². The van der Waals surface area contributed by atoms with Gasteiger partial charge in [-0.1, -0.05) is 26.3 Å². The van der Waals surface area contributed by atoms with Crippen LogP contribution in [0.25, 0.3) is 0 Å². The van der Waals surface area contributed by atoms with E-state index < -0.39 is 26.9 Å². The molecule has 0 radical (unpaired) electrons. The van der Waals surface area contributed by atoms with E-state index >= 15 is 0 Å². The van der Waals surface area contributed by atoms with Gasteiger partial charge in [0.1, 0.15) is 5.82 Å². The minimum absolute atomic E-state index is 0.0147. The summed E-state index contributed by atoms with van der Waals surface area (Å²) in [4.78, 5) is 0.0147. The Kier molecular flexibility index (Phi) is 5.28. The predicted octanol–water partition coefficient (Wildman–Crippen LogP) is 2.51. The van der Waals surface area contributed by atoms with E-state index in [0.717, 1.165) is 12.5 Å². The molecule has 5 heteroatoms.